The zero-order valence-electron chi connectivity index (χ0n) is 11.1. The van der Waals surface area contributed by atoms with Crippen molar-refractivity contribution in [3.05, 3.63) is 27.9 Å². The first-order valence-electron chi connectivity index (χ1n) is 6.85. The van der Waals surface area contributed by atoms with E-state index in [4.69, 9.17) is 5.73 Å². The van der Waals surface area contributed by atoms with E-state index in [9.17, 15) is 4.79 Å². The molecule has 3 N–H and O–H groups in total. The molecule has 2 aromatic heterocycles. The van der Waals surface area contributed by atoms with Crippen LogP contribution in [0, 0.1) is 12.8 Å². The van der Waals surface area contributed by atoms with E-state index in [0.717, 1.165) is 18.7 Å². The molecule has 1 aliphatic carbocycles. The van der Waals surface area contributed by atoms with Crippen LogP contribution in [-0.2, 0) is 0 Å². The molecular weight excluding hydrogens is 242 g/mol. The molecule has 3 rings (SSSR count). The van der Waals surface area contributed by atoms with Gasteiger partial charge in [0.25, 0.3) is 11.3 Å². The maximum absolute atomic E-state index is 11.9. The van der Waals surface area contributed by atoms with Crippen LogP contribution in [-0.4, -0.2) is 26.1 Å². The zero-order valence-corrected chi connectivity index (χ0v) is 11.1. The van der Waals surface area contributed by atoms with Gasteiger partial charge in [0.15, 0.2) is 0 Å². The lowest BCUT2D eigenvalue weighted by Crippen LogP contribution is -2.26. The average Bonchev–Trinajstić information content (AvgIpc) is 2.82. The largest absolute Gasteiger partial charge is 0.330 e. The van der Waals surface area contributed by atoms with Gasteiger partial charge in [-0.2, -0.15) is 9.50 Å². The summed E-state index contributed by atoms with van der Waals surface area (Å²) in [5.41, 5.74) is 6.44. The van der Waals surface area contributed by atoms with E-state index in [2.05, 4.69) is 15.1 Å². The third kappa shape index (κ3) is 2.16. The number of rotatable bonds is 2. The number of aromatic nitrogens is 4. The molecule has 2 heterocycles. The van der Waals surface area contributed by atoms with Gasteiger partial charge in [-0.25, -0.2) is 4.98 Å². The fourth-order valence-corrected chi connectivity index (χ4v) is 3.02. The van der Waals surface area contributed by atoms with Gasteiger partial charge in [-0.3, -0.25) is 9.89 Å². The number of aryl methyl sites for hydroxylation is 1. The fourth-order valence-electron chi connectivity index (χ4n) is 3.02. The van der Waals surface area contributed by atoms with Crippen molar-refractivity contribution in [2.75, 3.05) is 6.54 Å². The molecule has 102 valence electrons. The van der Waals surface area contributed by atoms with Crippen molar-refractivity contribution in [3.8, 4) is 0 Å². The summed E-state index contributed by atoms with van der Waals surface area (Å²) in [7, 11) is 0. The Labute approximate surface area is 111 Å². The standard InChI is InChI=1S/C13H19N5O/c1-8-6-11(19)18-13(15-8)16-12(17-18)10-5-3-2-4-9(10)7-14/h6,9-10H,2-5,7,14H2,1H3,(H,15,16,17). The summed E-state index contributed by atoms with van der Waals surface area (Å²) < 4.78 is 1.42. The van der Waals surface area contributed by atoms with Gasteiger partial charge in [0, 0.05) is 17.7 Å². The van der Waals surface area contributed by atoms with Gasteiger partial charge in [-0.1, -0.05) is 12.8 Å². The van der Waals surface area contributed by atoms with Crippen molar-refractivity contribution in [2.24, 2.45) is 11.7 Å². The predicted octanol–water partition coefficient (Wildman–Crippen LogP) is 0.959. The van der Waals surface area contributed by atoms with E-state index in [-0.39, 0.29) is 5.56 Å². The van der Waals surface area contributed by atoms with E-state index < -0.39 is 0 Å². The van der Waals surface area contributed by atoms with E-state index >= 15 is 0 Å². The van der Waals surface area contributed by atoms with Gasteiger partial charge in [-0.15, -0.1) is 0 Å². The van der Waals surface area contributed by atoms with E-state index in [1.807, 2.05) is 0 Å². The topological polar surface area (TPSA) is 89.1 Å². The molecule has 1 aliphatic rings. The van der Waals surface area contributed by atoms with Crippen molar-refractivity contribution in [2.45, 2.75) is 38.5 Å². The fraction of sp³-hybridized carbons (Fsp3) is 0.615. The molecule has 2 aromatic rings. The number of H-pyrrole nitrogens is 1. The summed E-state index contributed by atoms with van der Waals surface area (Å²) in [6, 6.07) is 1.51. The Morgan fingerprint density at radius 3 is 3.00 bits per heavy atom. The highest BCUT2D eigenvalue weighted by molar-refractivity contribution is 5.28. The summed E-state index contributed by atoms with van der Waals surface area (Å²) in [5.74, 6) is 2.08. The maximum Gasteiger partial charge on any atom is 0.274 e. The number of nitrogens with zero attached hydrogens (tertiary/aromatic N) is 3. The Morgan fingerprint density at radius 2 is 2.21 bits per heavy atom. The number of aromatic amines is 1. The monoisotopic (exact) mass is 261 g/mol. The minimum absolute atomic E-state index is 0.110. The van der Waals surface area contributed by atoms with Gasteiger partial charge in [0.2, 0.25) is 0 Å². The molecule has 19 heavy (non-hydrogen) atoms. The Bertz CT molecular complexity index is 644. The summed E-state index contributed by atoms with van der Waals surface area (Å²) in [5, 5.41) is 3.10. The average molecular weight is 261 g/mol. The molecule has 1 saturated carbocycles. The van der Waals surface area contributed by atoms with Crippen LogP contribution >= 0.6 is 0 Å². The SMILES string of the molecule is Cc1cc(=O)n2[nH]c(C3CCCCC3CN)nc2n1. The molecule has 0 amide bonds. The summed E-state index contributed by atoms with van der Waals surface area (Å²) in [6.07, 6.45) is 4.64. The van der Waals surface area contributed by atoms with E-state index in [1.54, 1.807) is 6.92 Å². The molecule has 0 radical (unpaired) electrons. The number of hydrogen-bond acceptors (Lipinski definition) is 4. The molecule has 2 atom stereocenters. The molecule has 1 fully saturated rings. The third-order valence-electron chi connectivity index (χ3n) is 4.04. The molecule has 0 spiro atoms. The van der Waals surface area contributed by atoms with Gasteiger partial charge < -0.3 is 5.73 Å². The van der Waals surface area contributed by atoms with Crippen LogP contribution in [0.2, 0.25) is 0 Å². The lowest BCUT2D eigenvalue weighted by molar-refractivity contribution is 0.304. The molecule has 0 bridgehead atoms. The van der Waals surface area contributed by atoms with Crippen LogP contribution in [0.3, 0.4) is 0 Å². The lowest BCUT2D eigenvalue weighted by Gasteiger charge is -2.28. The smallest absolute Gasteiger partial charge is 0.274 e. The van der Waals surface area contributed by atoms with Crippen LogP contribution in [0.15, 0.2) is 10.9 Å². The Hall–Kier alpha value is -1.69. The van der Waals surface area contributed by atoms with Crippen molar-refractivity contribution < 1.29 is 0 Å². The lowest BCUT2D eigenvalue weighted by atomic mass is 9.79. The number of hydrogen-bond donors (Lipinski definition) is 2. The minimum atomic E-state index is -0.110. The first-order valence-corrected chi connectivity index (χ1v) is 6.85. The van der Waals surface area contributed by atoms with Crippen molar-refractivity contribution in [3.63, 3.8) is 0 Å². The van der Waals surface area contributed by atoms with Crippen LogP contribution in [0.5, 0.6) is 0 Å². The Kier molecular flexibility index (Phi) is 3.10. The summed E-state index contributed by atoms with van der Waals surface area (Å²) in [4.78, 5) is 20.7. The second kappa shape index (κ2) is 4.77. The van der Waals surface area contributed by atoms with Crippen molar-refractivity contribution in [1.82, 2.24) is 19.6 Å². The van der Waals surface area contributed by atoms with Crippen LogP contribution in [0.4, 0.5) is 0 Å². The first kappa shape index (κ1) is 12.3. The van der Waals surface area contributed by atoms with Crippen LogP contribution in [0.25, 0.3) is 5.78 Å². The third-order valence-corrected chi connectivity index (χ3v) is 4.04. The van der Waals surface area contributed by atoms with Crippen molar-refractivity contribution in [1.29, 1.82) is 0 Å². The molecule has 0 aromatic carbocycles. The Balaban J connectivity index is 2.05. The second-order valence-electron chi connectivity index (χ2n) is 5.37. The number of fused-ring (bicyclic) bond motifs is 1. The first-order chi connectivity index (χ1) is 9.19. The number of nitrogens with one attached hydrogen (secondary N) is 1. The highest BCUT2D eigenvalue weighted by atomic mass is 16.1. The van der Waals surface area contributed by atoms with Gasteiger partial charge in [0.1, 0.15) is 5.82 Å². The van der Waals surface area contributed by atoms with Gasteiger partial charge in [0.05, 0.1) is 0 Å². The molecule has 0 saturated heterocycles. The summed E-state index contributed by atoms with van der Waals surface area (Å²) >= 11 is 0. The predicted molar refractivity (Wildman–Crippen MR) is 72.1 cm³/mol. The van der Waals surface area contributed by atoms with Crippen molar-refractivity contribution >= 4 is 5.78 Å². The van der Waals surface area contributed by atoms with Crippen LogP contribution in [0.1, 0.15) is 43.1 Å². The van der Waals surface area contributed by atoms with Crippen LogP contribution < -0.4 is 11.3 Å². The van der Waals surface area contributed by atoms with Gasteiger partial charge in [-0.05, 0) is 32.2 Å². The Morgan fingerprint density at radius 1 is 1.42 bits per heavy atom. The molecule has 2 unspecified atom stereocenters. The number of nitrogens with two attached hydrogens (primary N) is 1. The molecule has 6 heteroatoms. The molecule has 6 nitrogen and oxygen atoms in total. The van der Waals surface area contributed by atoms with Gasteiger partial charge >= 0.3 is 0 Å². The van der Waals surface area contributed by atoms with E-state index in [0.29, 0.717) is 29.9 Å². The molecule has 0 aliphatic heterocycles. The maximum atomic E-state index is 11.9. The highest BCUT2D eigenvalue weighted by Crippen LogP contribution is 2.35. The second-order valence-corrected chi connectivity index (χ2v) is 5.37. The van der Waals surface area contributed by atoms with E-state index in [1.165, 1.54) is 23.4 Å². The zero-order chi connectivity index (χ0) is 13.4. The quantitative estimate of drug-likeness (QED) is 0.842. The normalized spacial score (nSPS) is 23.9. The minimum Gasteiger partial charge on any atom is -0.330 e. The highest BCUT2D eigenvalue weighted by Gasteiger charge is 2.28. The molecular formula is C13H19N5O. The summed E-state index contributed by atoms with van der Waals surface area (Å²) in [6.45, 7) is 2.47.